The maximum absolute atomic E-state index is 8.74. The molecule has 0 fully saturated rings. The number of nitrogens with two attached hydrogens (primary N) is 2. The van der Waals surface area contributed by atoms with Crippen LogP contribution in [0.25, 0.3) is 0 Å². The first-order valence-electron chi connectivity index (χ1n) is 5.83. The molecule has 0 aliphatic rings. The fourth-order valence-electron chi connectivity index (χ4n) is 1.69. The zero-order valence-electron chi connectivity index (χ0n) is 10.9. The number of thioether (sulfide) groups is 1. The molecule has 20 heavy (non-hydrogen) atoms. The molecule has 1 heterocycles. The Morgan fingerprint density at radius 3 is 2.95 bits per heavy atom. The predicted molar refractivity (Wildman–Crippen MR) is 80.3 cm³/mol. The molecule has 1 aromatic carbocycles. The van der Waals surface area contributed by atoms with Crippen LogP contribution >= 0.6 is 11.8 Å². The minimum Gasteiger partial charge on any atom is -0.394 e. The van der Waals surface area contributed by atoms with Crippen LogP contribution in [0.3, 0.4) is 0 Å². The van der Waals surface area contributed by atoms with Gasteiger partial charge in [0.1, 0.15) is 0 Å². The summed E-state index contributed by atoms with van der Waals surface area (Å²) in [6, 6.07) is 9.49. The Bertz CT molecular complexity index is 652. The summed E-state index contributed by atoms with van der Waals surface area (Å²) < 4.78 is 0. The zero-order chi connectivity index (χ0) is 14.5. The monoisotopic (exact) mass is 286 g/mol. The summed E-state index contributed by atoms with van der Waals surface area (Å²) in [5.41, 5.74) is 7.87. The van der Waals surface area contributed by atoms with E-state index in [-0.39, 0.29) is 0 Å². The molecule has 2 aromatic rings. The number of nitriles is 1. The third kappa shape index (κ3) is 2.99. The van der Waals surface area contributed by atoms with E-state index >= 15 is 0 Å². The molecule has 0 saturated carbocycles. The first-order valence-corrected chi connectivity index (χ1v) is 7.05. The van der Waals surface area contributed by atoms with E-state index in [9.17, 15) is 0 Å². The molecule has 2 rings (SSSR count). The molecular weight excluding hydrogens is 272 g/mol. The molecule has 102 valence electrons. The highest BCUT2D eigenvalue weighted by Gasteiger charge is 2.12. The van der Waals surface area contributed by atoms with Crippen molar-refractivity contribution in [1.29, 1.82) is 5.26 Å². The van der Waals surface area contributed by atoms with Crippen LogP contribution in [0.2, 0.25) is 0 Å². The van der Waals surface area contributed by atoms with Crippen LogP contribution < -0.4 is 16.6 Å². The second-order valence-corrected chi connectivity index (χ2v) is 4.78. The van der Waals surface area contributed by atoms with Crippen LogP contribution in [0, 0.1) is 11.3 Å². The maximum atomic E-state index is 8.74. The van der Waals surface area contributed by atoms with Gasteiger partial charge in [0.2, 0.25) is 0 Å². The molecule has 0 atom stereocenters. The second-order valence-electron chi connectivity index (χ2n) is 4.01. The number of nitrogens with zero attached hydrogens (tertiary/aromatic N) is 4. The Balaban J connectivity index is 2.38. The molecule has 0 saturated heterocycles. The molecule has 0 bridgehead atoms. The highest BCUT2D eigenvalue weighted by atomic mass is 32.2. The van der Waals surface area contributed by atoms with Gasteiger partial charge in [-0.15, -0.1) is 0 Å². The van der Waals surface area contributed by atoms with Gasteiger partial charge in [-0.1, -0.05) is 23.9 Å². The van der Waals surface area contributed by atoms with Gasteiger partial charge in [0.25, 0.3) is 0 Å². The molecule has 7 heteroatoms. The van der Waals surface area contributed by atoms with Crippen LogP contribution in [-0.2, 0) is 6.42 Å². The highest BCUT2D eigenvalue weighted by molar-refractivity contribution is 7.98. The van der Waals surface area contributed by atoms with Crippen molar-refractivity contribution in [2.45, 2.75) is 11.6 Å². The summed E-state index contributed by atoms with van der Waals surface area (Å²) in [7, 11) is 0. The molecule has 0 spiro atoms. The minimum atomic E-state index is 0.330. The number of rotatable bonds is 4. The first kappa shape index (κ1) is 14.1. The normalized spacial score (nSPS) is 10.1. The van der Waals surface area contributed by atoms with Gasteiger partial charge in [0, 0.05) is 0 Å². The largest absolute Gasteiger partial charge is 0.394 e. The number of nitrogen functional groups attached to an aromatic ring is 1. The van der Waals surface area contributed by atoms with Crippen LogP contribution in [-0.4, -0.2) is 16.2 Å². The zero-order valence-corrected chi connectivity index (χ0v) is 11.8. The van der Waals surface area contributed by atoms with Crippen molar-refractivity contribution in [1.82, 2.24) is 9.97 Å². The van der Waals surface area contributed by atoms with Gasteiger partial charge in [-0.25, -0.2) is 15.8 Å². The Morgan fingerprint density at radius 2 is 2.25 bits per heavy atom. The summed E-state index contributed by atoms with van der Waals surface area (Å²) in [6.07, 6.45) is 3.74. The number of benzene rings is 1. The van der Waals surface area contributed by atoms with Crippen molar-refractivity contribution in [3.63, 3.8) is 0 Å². The second kappa shape index (κ2) is 6.23. The highest BCUT2D eigenvalue weighted by Crippen LogP contribution is 2.27. The fraction of sp³-hybridized carbons (Fsp3) is 0.154. The molecule has 0 radical (unpaired) electrons. The van der Waals surface area contributed by atoms with E-state index in [4.69, 9.17) is 16.8 Å². The third-order valence-electron chi connectivity index (χ3n) is 2.66. The summed E-state index contributed by atoms with van der Waals surface area (Å²) >= 11 is 1.41. The average molecular weight is 286 g/mol. The number of hydrogen-bond donors (Lipinski definition) is 2. The molecule has 1 aromatic heterocycles. The lowest BCUT2D eigenvalue weighted by molar-refractivity contribution is 0.927. The van der Waals surface area contributed by atoms with Crippen molar-refractivity contribution in [2.75, 3.05) is 17.0 Å². The quantitative estimate of drug-likeness (QED) is 0.382. The maximum Gasteiger partial charge on any atom is 0.189 e. The Hall–Kier alpha value is -2.30. The van der Waals surface area contributed by atoms with E-state index in [0.29, 0.717) is 23.1 Å². The van der Waals surface area contributed by atoms with Crippen molar-refractivity contribution in [3.8, 4) is 6.07 Å². The smallest absolute Gasteiger partial charge is 0.189 e. The van der Waals surface area contributed by atoms with Crippen molar-refractivity contribution in [3.05, 3.63) is 36.0 Å². The van der Waals surface area contributed by atoms with Crippen molar-refractivity contribution >= 4 is 29.0 Å². The van der Waals surface area contributed by atoms with Crippen LogP contribution in [0.5, 0.6) is 0 Å². The lowest BCUT2D eigenvalue weighted by Gasteiger charge is -2.19. The Labute approximate surface area is 121 Å². The third-order valence-corrected chi connectivity index (χ3v) is 3.22. The van der Waals surface area contributed by atoms with Crippen molar-refractivity contribution in [2.24, 2.45) is 5.84 Å². The van der Waals surface area contributed by atoms with E-state index in [1.54, 1.807) is 0 Å². The van der Waals surface area contributed by atoms with Crippen LogP contribution in [0.4, 0.5) is 17.2 Å². The van der Waals surface area contributed by atoms with E-state index in [1.165, 1.54) is 23.0 Å². The number of hydrogen-bond acceptors (Lipinski definition) is 7. The lowest BCUT2D eigenvalue weighted by Crippen LogP contribution is -2.27. The van der Waals surface area contributed by atoms with Gasteiger partial charge in [0.15, 0.2) is 11.0 Å². The molecule has 4 N–H and O–H groups in total. The SMILES string of the molecule is CSc1ncc(N)c(N(N)c2cccc(CC#N)c2)n1. The predicted octanol–water partition coefficient (Wildman–Crippen LogP) is 1.86. The van der Waals surface area contributed by atoms with Crippen molar-refractivity contribution < 1.29 is 0 Å². The first-order chi connectivity index (χ1) is 9.65. The van der Waals surface area contributed by atoms with Gasteiger partial charge >= 0.3 is 0 Å². The van der Waals surface area contributed by atoms with E-state index < -0.39 is 0 Å². The van der Waals surface area contributed by atoms with Gasteiger partial charge in [-0.05, 0) is 24.0 Å². The summed E-state index contributed by atoms with van der Waals surface area (Å²) in [4.78, 5) is 8.39. The molecule has 0 amide bonds. The van der Waals surface area contributed by atoms with E-state index in [1.807, 2.05) is 30.5 Å². The summed E-state index contributed by atoms with van der Waals surface area (Å²) in [5.74, 6) is 6.52. The number of anilines is 3. The standard InChI is InChI=1S/C13H14N6S/c1-20-13-17-8-11(15)12(18-13)19(16)10-4-2-3-9(7-10)5-6-14/h2-4,7-8H,5,15-16H2,1H3. The minimum absolute atomic E-state index is 0.330. The van der Waals surface area contributed by atoms with Gasteiger partial charge < -0.3 is 5.73 Å². The molecule has 0 aliphatic carbocycles. The van der Waals surface area contributed by atoms with E-state index in [2.05, 4.69) is 16.0 Å². The molecular formula is C13H14N6S. The van der Waals surface area contributed by atoms with Crippen LogP contribution in [0.15, 0.2) is 35.6 Å². The molecule has 0 aliphatic heterocycles. The van der Waals surface area contributed by atoms with Gasteiger partial charge in [0.05, 0.1) is 30.1 Å². The summed E-state index contributed by atoms with van der Waals surface area (Å²) in [5, 5.41) is 10.7. The Kier molecular flexibility index (Phi) is 4.40. The number of hydrazine groups is 1. The van der Waals surface area contributed by atoms with Gasteiger partial charge in [-0.3, -0.25) is 5.01 Å². The average Bonchev–Trinajstić information content (AvgIpc) is 2.48. The molecule has 0 unspecified atom stereocenters. The Morgan fingerprint density at radius 1 is 1.45 bits per heavy atom. The topological polar surface area (TPSA) is 105 Å². The van der Waals surface area contributed by atoms with E-state index in [0.717, 1.165) is 11.3 Å². The van der Waals surface area contributed by atoms with Crippen LogP contribution in [0.1, 0.15) is 5.56 Å². The summed E-state index contributed by atoms with van der Waals surface area (Å²) in [6.45, 7) is 0. The lowest BCUT2D eigenvalue weighted by atomic mass is 10.1. The van der Waals surface area contributed by atoms with Gasteiger partial charge in [-0.2, -0.15) is 5.26 Å². The molecule has 6 nitrogen and oxygen atoms in total. The number of aromatic nitrogens is 2. The fourth-order valence-corrected chi connectivity index (χ4v) is 2.02.